The SMILES string of the molecule is CCCO[C@@H]1CC[C@H](C(=O)N2C[C@H]3COC[C@H]3C2)C[C@H]1NC(=O)c1cn[nH]c1. The van der Waals surface area contributed by atoms with Crippen molar-refractivity contribution in [2.45, 2.75) is 44.8 Å². The Morgan fingerprint density at radius 2 is 2.11 bits per heavy atom. The third-order valence-corrected chi connectivity index (χ3v) is 6.30. The second kappa shape index (κ2) is 8.61. The Kier molecular flexibility index (Phi) is 5.96. The summed E-state index contributed by atoms with van der Waals surface area (Å²) in [7, 11) is 0. The van der Waals surface area contributed by atoms with Crippen LogP contribution in [0, 0.1) is 17.8 Å². The number of ether oxygens (including phenoxy) is 2. The van der Waals surface area contributed by atoms with Gasteiger partial charge in [-0.25, -0.2) is 0 Å². The van der Waals surface area contributed by atoms with Crippen molar-refractivity contribution >= 4 is 11.8 Å². The van der Waals surface area contributed by atoms with Gasteiger partial charge in [0.15, 0.2) is 0 Å². The lowest BCUT2D eigenvalue weighted by molar-refractivity contribution is -0.137. The molecular weight excluding hydrogens is 360 g/mol. The number of aromatic amines is 1. The summed E-state index contributed by atoms with van der Waals surface area (Å²) in [4.78, 5) is 27.7. The van der Waals surface area contributed by atoms with Crippen molar-refractivity contribution in [2.24, 2.45) is 17.8 Å². The minimum Gasteiger partial charge on any atom is -0.381 e. The zero-order chi connectivity index (χ0) is 19.5. The number of carbonyl (C=O) groups excluding carboxylic acids is 2. The van der Waals surface area contributed by atoms with Crippen molar-refractivity contribution in [1.29, 1.82) is 0 Å². The molecule has 8 heteroatoms. The number of rotatable bonds is 6. The van der Waals surface area contributed by atoms with E-state index in [0.717, 1.165) is 45.6 Å². The molecule has 3 fully saturated rings. The van der Waals surface area contributed by atoms with Crippen molar-refractivity contribution in [1.82, 2.24) is 20.4 Å². The van der Waals surface area contributed by atoms with Crippen LogP contribution in [0.1, 0.15) is 43.0 Å². The van der Waals surface area contributed by atoms with Crippen molar-refractivity contribution in [3.05, 3.63) is 18.0 Å². The minimum absolute atomic E-state index is 0.0498. The molecule has 0 bridgehead atoms. The Morgan fingerprint density at radius 1 is 1.32 bits per heavy atom. The average Bonchev–Trinajstić information content (AvgIpc) is 3.43. The number of fused-ring (bicyclic) bond motifs is 1. The number of amides is 2. The van der Waals surface area contributed by atoms with Gasteiger partial charge in [-0.1, -0.05) is 6.92 Å². The first-order valence-electron chi connectivity index (χ1n) is 10.4. The van der Waals surface area contributed by atoms with Crippen LogP contribution in [-0.2, 0) is 14.3 Å². The first-order chi connectivity index (χ1) is 13.7. The van der Waals surface area contributed by atoms with Crippen molar-refractivity contribution in [3.8, 4) is 0 Å². The van der Waals surface area contributed by atoms with Crippen molar-refractivity contribution < 1.29 is 19.1 Å². The summed E-state index contributed by atoms with van der Waals surface area (Å²) in [5, 5.41) is 9.58. The molecule has 4 rings (SSSR count). The van der Waals surface area contributed by atoms with Gasteiger partial charge in [0.2, 0.25) is 5.91 Å². The highest BCUT2D eigenvalue weighted by atomic mass is 16.5. The molecule has 2 amide bonds. The van der Waals surface area contributed by atoms with E-state index >= 15 is 0 Å². The number of aromatic nitrogens is 2. The normalized spacial score (nSPS) is 32.3. The molecule has 0 unspecified atom stereocenters. The molecule has 2 aliphatic heterocycles. The van der Waals surface area contributed by atoms with Crippen LogP contribution in [0.4, 0.5) is 0 Å². The lowest BCUT2D eigenvalue weighted by Gasteiger charge is -2.37. The Labute approximate surface area is 165 Å². The second-order valence-electron chi connectivity index (χ2n) is 8.29. The molecule has 0 aromatic carbocycles. The van der Waals surface area contributed by atoms with Crippen molar-refractivity contribution in [3.63, 3.8) is 0 Å². The number of hydrogen-bond acceptors (Lipinski definition) is 5. The minimum atomic E-state index is -0.176. The topological polar surface area (TPSA) is 96.6 Å². The summed E-state index contributed by atoms with van der Waals surface area (Å²) in [6.07, 6.45) is 6.19. The van der Waals surface area contributed by atoms with Crippen molar-refractivity contribution in [2.75, 3.05) is 32.9 Å². The number of nitrogens with zero attached hydrogens (tertiary/aromatic N) is 2. The second-order valence-corrected chi connectivity index (χ2v) is 8.29. The molecule has 0 radical (unpaired) electrons. The molecule has 8 nitrogen and oxygen atoms in total. The van der Waals surface area contributed by atoms with Crippen LogP contribution in [-0.4, -0.2) is 72.0 Å². The highest BCUT2D eigenvalue weighted by molar-refractivity contribution is 5.94. The predicted molar refractivity (Wildman–Crippen MR) is 102 cm³/mol. The van der Waals surface area contributed by atoms with Gasteiger partial charge in [-0.05, 0) is 25.7 Å². The summed E-state index contributed by atoms with van der Waals surface area (Å²) in [5.74, 6) is 0.973. The van der Waals surface area contributed by atoms with Gasteiger partial charge in [0.1, 0.15) is 0 Å². The van der Waals surface area contributed by atoms with Gasteiger partial charge < -0.3 is 19.7 Å². The summed E-state index contributed by atoms with van der Waals surface area (Å²) in [6.45, 7) is 5.90. The molecule has 0 spiro atoms. The summed E-state index contributed by atoms with van der Waals surface area (Å²) < 4.78 is 11.5. The predicted octanol–water partition coefficient (Wildman–Crippen LogP) is 1.21. The highest BCUT2D eigenvalue weighted by Gasteiger charge is 2.43. The lowest BCUT2D eigenvalue weighted by atomic mass is 9.82. The standard InChI is InChI=1S/C20H30N4O4/c1-2-5-28-18-4-3-13(6-17(18)23-19(25)14-7-21-22-8-14)20(26)24-9-15-11-27-12-16(15)10-24/h7-8,13,15-18H,2-6,9-12H2,1H3,(H,21,22)(H,23,25)/t13-,15-,16+,17+,18+/m0/s1. The molecule has 1 aliphatic carbocycles. The summed E-state index contributed by atoms with van der Waals surface area (Å²) in [6, 6.07) is -0.165. The molecule has 2 N–H and O–H groups in total. The van der Waals surface area contributed by atoms with Crippen LogP contribution in [0.15, 0.2) is 12.4 Å². The van der Waals surface area contributed by atoms with Gasteiger partial charge in [-0.3, -0.25) is 14.7 Å². The number of likely N-dealkylation sites (tertiary alicyclic amines) is 1. The fourth-order valence-electron chi connectivity index (χ4n) is 4.74. The van der Waals surface area contributed by atoms with Crippen LogP contribution < -0.4 is 5.32 Å². The molecule has 3 aliphatic rings. The number of carbonyl (C=O) groups is 2. The van der Waals surface area contributed by atoms with E-state index < -0.39 is 0 Å². The van der Waals surface area contributed by atoms with E-state index in [1.54, 1.807) is 6.20 Å². The van der Waals surface area contributed by atoms with E-state index in [1.807, 2.05) is 4.90 Å². The zero-order valence-corrected chi connectivity index (χ0v) is 16.4. The van der Waals surface area contributed by atoms with Crippen LogP contribution in [0.5, 0.6) is 0 Å². The summed E-state index contributed by atoms with van der Waals surface area (Å²) in [5.41, 5.74) is 0.495. The first-order valence-corrected chi connectivity index (χ1v) is 10.4. The van der Waals surface area contributed by atoms with Crippen LogP contribution in [0.3, 0.4) is 0 Å². The molecule has 1 aromatic heterocycles. The van der Waals surface area contributed by atoms with E-state index in [4.69, 9.17) is 9.47 Å². The van der Waals surface area contributed by atoms with Gasteiger partial charge in [-0.2, -0.15) is 5.10 Å². The third-order valence-electron chi connectivity index (χ3n) is 6.30. The highest BCUT2D eigenvalue weighted by Crippen LogP contribution is 2.34. The van der Waals surface area contributed by atoms with E-state index in [9.17, 15) is 9.59 Å². The molecule has 1 aromatic rings. The third kappa shape index (κ3) is 4.07. The zero-order valence-electron chi connectivity index (χ0n) is 16.4. The molecule has 5 atom stereocenters. The maximum Gasteiger partial charge on any atom is 0.254 e. The van der Waals surface area contributed by atoms with E-state index in [0.29, 0.717) is 30.4 Å². The maximum absolute atomic E-state index is 13.1. The van der Waals surface area contributed by atoms with Gasteiger partial charge in [-0.15, -0.1) is 0 Å². The van der Waals surface area contributed by atoms with Gasteiger partial charge in [0.05, 0.1) is 37.1 Å². The number of nitrogens with one attached hydrogen (secondary N) is 2. The number of hydrogen-bond donors (Lipinski definition) is 2. The molecule has 3 heterocycles. The van der Waals surface area contributed by atoms with E-state index in [2.05, 4.69) is 22.4 Å². The number of H-pyrrole nitrogens is 1. The maximum atomic E-state index is 13.1. The lowest BCUT2D eigenvalue weighted by Crippen LogP contribution is -2.51. The Morgan fingerprint density at radius 3 is 2.79 bits per heavy atom. The smallest absolute Gasteiger partial charge is 0.254 e. The fourth-order valence-corrected chi connectivity index (χ4v) is 4.74. The van der Waals surface area contributed by atoms with Crippen LogP contribution in [0.2, 0.25) is 0 Å². The van der Waals surface area contributed by atoms with Gasteiger partial charge >= 0.3 is 0 Å². The Hall–Kier alpha value is -1.93. The molecule has 2 saturated heterocycles. The largest absolute Gasteiger partial charge is 0.381 e. The molecular formula is C20H30N4O4. The first kappa shape index (κ1) is 19.4. The molecule has 1 saturated carbocycles. The Balaban J connectivity index is 1.39. The van der Waals surface area contributed by atoms with Crippen LogP contribution in [0.25, 0.3) is 0 Å². The monoisotopic (exact) mass is 390 g/mol. The molecule has 154 valence electrons. The van der Waals surface area contributed by atoms with E-state index in [-0.39, 0.29) is 29.9 Å². The van der Waals surface area contributed by atoms with Gasteiger partial charge in [0.25, 0.3) is 5.91 Å². The summed E-state index contributed by atoms with van der Waals surface area (Å²) >= 11 is 0. The molecule has 28 heavy (non-hydrogen) atoms. The Bertz CT molecular complexity index is 668. The fraction of sp³-hybridized carbons (Fsp3) is 0.750. The quantitative estimate of drug-likeness (QED) is 0.761. The van der Waals surface area contributed by atoms with E-state index in [1.165, 1.54) is 6.20 Å². The van der Waals surface area contributed by atoms with Gasteiger partial charge in [0, 0.05) is 43.6 Å². The average molecular weight is 390 g/mol. The van der Waals surface area contributed by atoms with Crippen LogP contribution >= 0.6 is 0 Å².